The van der Waals surface area contributed by atoms with E-state index in [9.17, 15) is 14.4 Å². The zero-order valence-electron chi connectivity index (χ0n) is 18.1. The van der Waals surface area contributed by atoms with Gasteiger partial charge in [-0.15, -0.1) is 0 Å². The Labute approximate surface area is 225 Å². The summed E-state index contributed by atoms with van der Waals surface area (Å²) in [4.78, 5) is 25.6. The largest absolute Gasteiger partial charge is 2.00 e. The number of nitrogen functional groups attached to an aromatic ring is 1. The summed E-state index contributed by atoms with van der Waals surface area (Å²) in [6, 6.07) is 18.5. The molecular formula is C22H20CaN4O6P+. The fraction of sp³-hybridized carbons (Fsp3) is 0.136. The first-order valence-electron chi connectivity index (χ1n) is 9.89. The van der Waals surface area contributed by atoms with Gasteiger partial charge in [0, 0.05) is 24.8 Å². The first-order chi connectivity index (χ1) is 15.9. The summed E-state index contributed by atoms with van der Waals surface area (Å²) in [6.45, 7) is -0.113. The molecule has 0 aliphatic rings. The Morgan fingerprint density at radius 3 is 2.53 bits per heavy atom. The van der Waals surface area contributed by atoms with E-state index in [2.05, 4.69) is 14.7 Å². The second-order valence-corrected chi connectivity index (χ2v) is 8.27. The van der Waals surface area contributed by atoms with Crippen LogP contribution >= 0.6 is 7.82 Å². The first-order valence-corrected chi connectivity index (χ1v) is 11.4. The van der Waals surface area contributed by atoms with Gasteiger partial charge in [0.2, 0.25) is 5.88 Å². The van der Waals surface area contributed by atoms with Crippen LogP contribution in [-0.2, 0) is 28.8 Å². The molecule has 3 heterocycles. The maximum absolute atomic E-state index is 10.7. The molecule has 4 aromatic rings. The number of ether oxygens (including phenoxy) is 1. The fourth-order valence-corrected chi connectivity index (χ4v) is 3.36. The number of hydrogen-bond donors (Lipinski definition) is 1. The Morgan fingerprint density at radius 1 is 1.06 bits per heavy atom. The molecule has 0 atom stereocenters. The molecule has 170 valence electrons. The molecule has 0 aliphatic heterocycles. The molecule has 0 aliphatic carbocycles. The minimum absolute atomic E-state index is 0. The molecule has 34 heavy (non-hydrogen) atoms. The summed E-state index contributed by atoms with van der Waals surface area (Å²) in [6.07, 6.45) is 3.71. The summed E-state index contributed by atoms with van der Waals surface area (Å²) in [5.41, 5.74) is 9.30. The molecule has 2 N–H and O–H groups in total. The van der Waals surface area contributed by atoms with Crippen molar-refractivity contribution in [2.75, 3.05) is 5.73 Å². The van der Waals surface area contributed by atoms with Crippen LogP contribution in [0, 0.1) is 0 Å². The van der Waals surface area contributed by atoms with Crippen molar-refractivity contribution >= 4 is 51.4 Å². The number of nitrogens with two attached hydrogens (primary N) is 1. The van der Waals surface area contributed by atoms with Crippen molar-refractivity contribution in [3.8, 4) is 17.2 Å². The molecular weight excluding hydrogens is 487 g/mol. The second kappa shape index (κ2) is 11.9. The van der Waals surface area contributed by atoms with E-state index in [-0.39, 0.29) is 43.6 Å². The van der Waals surface area contributed by atoms with E-state index in [1.165, 1.54) is 10.8 Å². The number of benzene rings is 1. The topological polar surface area (TPSA) is 150 Å². The molecule has 3 aromatic heterocycles. The van der Waals surface area contributed by atoms with E-state index in [0.29, 0.717) is 35.9 Å². The van der Waals surface area contributed by atoms with Crippen LogP contribution in [0.2, 0.25) is 0 Å². The monoisotopic (exact) mass is 507 g/mol. The Balaban J connectivity index is 0.00000324. The standard InChI is InChI=1S/C22H21N4O6P.Ca/c23-22-19(4-3-11-26(22)15-31-33(27,28)29)20-13-18(25-32-20)12-16-6-8-17(9-7-16)14-30-21-5-1-2-10-24-21;/h1-11,13,23H,12,14-15H2,(H2,27,28,29);/q;+2/p-1. The number of aromatic nitrogens is 3. The maximum atomic E-state index is 10.7. The zero-order chi connectivity index (χ0) is 23.3. The van der Waals surface area contributed by atoms with Crippen LogP contribution in [0.25, 0.3) is 11.3 Å². The number of nitrogens with zero attached hydrogens (tertiary/aromatic N) is 3. The van der Waals surface area contributed by atoms with Gasteiger partial charge >= 0.3 is 37.7 Å². The maximum Gasteiger partial charge on any atom is 2.00 e. The van der Waals surface area contributed by atoms with Crippen molar-refractivity contribution in [1.29, 1.82) is 0 Å². The molecule has 0 fully saturated rings. The fourth-order valence-electron chi connectivity index (χ4n) is 3.09. The molecule has 10 nitrogen and oxygen atoms in total. The van der Waals surface area contributed by atoms with Crippen LogP contribution in [0.4, 0.5) is 5.82 Å². The van der Waals surface area contributed by atoms with Crippen molar-refractivity contribution in [3.05, 3.63) is 89.9 Å². The van der Waals surface area contributed by atoms with E-state index >= 15 is 0 Å². The van der Waals surface area contributed by atoms with Crippen LogP contribution in [0.3, 0.4) is 0 Å². The SMILES string of the molecule is Nc1c(-c2cc(Cc3ccc(COc4ccccn4)cc3)no2)ccc[n+]1COP(=O)([O-])[O-].[Ca+2]. The van der Waals surface area contributed by atoms with Crippen molar-refractivity contribution in [2.45, 2.75) is 19.8 Å². The quantitative estimate of drug-likeness (QED) is 0.200. The van der Waals surface area contributed by atoms with E-state index in [1.54, 1.807) is 30.5 Å². The molecule has 0 amide bonds. The summed E-state index contributed by atoms with van der Waals surface area (Å²) < 4.78 is 27.4. The molecule has 12 heteroatoms. The molecule has 1 aromatic carbocycles. The normalized spacial score (nSPS) is 11.1. The van der Waals surface area contributed by atoms with Gasteiger partial charge in [-0.2, -0.15) is 0 Å². The van der Waals surface area contributed by atoms with Crippen molar-refractivity contribution in [1.82, 2.24) is 10.1 Å². The van der Waals surface area contributed by atoms with Gasteiger partial charge in [0.05, 0.1) is 19.7 Å². The number of pyridine rings is 2. The third kappa shape index (κ3) is 7.35. The summed E-state index contributed by atoms with van der Waals surface area (Å²) in [5, 5.41) is 4.09. The Morgan fingerprint density at radius 2 is 1.82 bits per heavy atom. The summed E-state index contributed by atoms with van der Waals surface area (Å²) >= 11 is 0. The Hall–Kier alpha value is -2.30. The van der Waals surface area contributed by atoms with Gasteiger partial charge in [-0.1, -0.05) is 35.5 Å². The van der Waals surface area contributed by atoms with Crippen LogP contribution in [0.5, 0.6) is 5.88 Å². The van der Waals surface area contributed by atoms with Gasteiger partial charge in [0.15, 0.2) is 12.5 Å². The van der Waals surface area contributed by atoms with Gasteiger partial charge in [0.1, 0.15) is 12.2 Å². The van der Waals surface area contributed by atoms with Gasteiger partial charge < -0.3 is 28.1 Å². The number of anilines is 1. The third-order valence-corrected chi connectivity index (χ3v) is 5.16. The average molecular weight is 507 g/mol. The minimum Gasteiger partial charge on any atom is -0.790 e. The summed E-state index contributed by atoms with van der Waals surface area (Å²) in [5.74, 6) is 1.15. The molecule has 4 rings (SSSR count). The second-order valence-electron chi connectivity index (χ2n) is 7.11. The van der Waals surface area contributed by atoms with Crippen LogP contribution < -0.4 is 24.8 Å². The Bertz CT molecular complexity index is 1260. The predicted molar refractivity (Wildman–Crippen MR) is 119 cm³/mol. The van der Waals surface area contributed by atoms with Crippen LogP contribution in [0.1, 0.15) is 16.8 Å². The predicted octanol–water partition coefficient (Wildman–Crippen LogP) is 1.20. The first kappa shape index (κ1) is 26.3. The van der Waals surface area contributed by atoms with E-state index in [4.69, 9.17) is 15.0 Å². The van der Waals surface area contributed by atoms with Crippen LogP contribution in [-0.4, -0.2) is 47.9 Å². The van der Waals surface area contributed by atoms with Crippen LogP contribution in [0.15, 0.2) is 77.6 Å². The van der Waals surface area contributed by atoms with Gasteiger partial charge in [-0.3, -0.25) is 5.73 Å². The van der Waals surface area contributed by atoms with Gasteiger partial charge in [-0.05, 0) is 29.3 Å². The minimum atomic E-state index is -5.12. The van der Waals surface area contributed by atoms with Gasteiger partial charge in [-0.25, -0.2) is 9.55 Å². The Kier molecular flexibility index (Phi) is 9.21. The van der Waals surface area contributed by atoms with E-state index in [1.807, 2.05) is 36.4 Å². The molecule has 0 saturated heterocycles. The van der Waals surface area contributed by atoms with Crippen molar-refractivity contribution in [3.63, 3.8) is 0 Å². The summed E-state index contributed by atoms with van der Waals surface area (Å²) in [7, 11) is -5.12. The molecule has 0 saturated carbocycles. The number of rotatable bonds is 9. The van der Waals surface area contributed by atoms with Gasteiger partial charge in [0.25, 0.3) is 5.82 Å². The molecule has 0 spiro atoms. The number of phosphoric ester groups is 1. The smallest absolute Gasteiger partial charge is 0.790 e. The average Bonchev–Trinajstić information content (AvgIpc) is 3.26. The van der Waals surface area contributed by atoms with Crippen molar-refractivity contribution in [2.24, 2.45) is 0 Å². The number of phosphoric acid groups is 1. The third-order valence-electron chi connectivity index (χ3n) is 4.73. The van der Waals surface area contributed by atoms with Crippen molar-refractivity contribution < 1.29 is 32.7 Å². The molecule has 0 bridgehead atoms. The van der Waals surface area contributed by atoms with E-state index < -0.39 is 14.6 Å². The molecule has 0 unspecified atom stereocenters. The molecule has 0 radical (unpaired) electrons. The number of hydrogen-bond acceptors (Lipinski definition) is 9. The zero-order valence-corrected chi connectivity index (χ0v) is 21.2. The van der Waals surface area contributed by atoms with E-state index in [0.717, 1.165) is 11.1 Å².